The van der Waals surface area contributed by atoms with Gasteiger partial charge >= 0.3 is 0 Å². The molecule has 1 amide bonds. The molecule has 0 aromatic heterocycles. The zero-order chi connectivity index (χ0) is 9.19. The van der Waals surface area contributed by atoms with E-state index in [-0.39, 0.29) is 5.91 Å². The van der Waals surface area contributed by atoms with Gasteiger partial charge in [-0.05, 0) is 13.8 Å². The molecule has 4 heteroatoms. The van der Waals surface area contributed by atoms with Gasteiger partial charge in [-0.15, -0.1) is 0 Å². The molecule has 12 heavy (non-hydrogen) atoms. The molecule has 0 atom stereocenters. The number of amides is 1. The minimum Gasteiger partial charge on any atom is -0.340 e. The minimum absolute atomic E-state index is 0.211. The lowest BCUT2D eigenvalue weighted by Gasteiger charge is -2.31. The molecule has 0 radical (unpaired) electrons. The van der Waals surface area contributed by atoms with Crippen molar-refractivity contribution in [3.8, 4) is 0 Å². The largest absolute Gasteiger partial charge is 0.340 e. The lowest BCUT2D eigenvalue weighted by molar-refractivity contribution is -0.132. The summed E-state index contributed by atoms with van der Waals surface area (Å²) >= 11 is 5.30. The average molecular weight is 252 g/mol. The van der Waals surface area contributed by atoms with E-state index in [0.717, 1.165) is 24.6 Å². The van der Waals surface area contributed by atoms with Gasteiger partial charge in [0.05, 0.1) is 4.32 Å². The number of hydrogen-bond acceptors (Lipinski definition) is 2. The van der Waals surface area contributed by atoms with Crippen LogP contribution in [0.1, 0.15) is 13.8 Å². The Hall–Kier alpha value is 0.300. The molecule has 1 rings (SSSR count). The van der Waals surface area contributed by atoms with Gasteiger partial charge in [-0.25, -0.2) is 0 Å². The third kappa shape index (κ3) is 2.66. The van der Waals surface area contributed by atoms with Gasteiger partial charge in [0.1, 0.15) is 0 Å². The smallest absolute Gasteiger partial charge is 0.238 e. The molecule has 1 heterocycles. The Balaban J connectivity index is 2.51. The number of thioether (sulfide) groups is 1. The van der Waals surface area contributed by atoms with E-state index in [9.17, 15) is 4.79 Å². The fourth-order valence-electron chi connectivity index (χ4n) is 1.14. The number of halogens is 1. The van der Waals surface area contributed by atoms with Crippen molar-refractivity contribution in [3.05, 3.63) is 0 Å². The van der Waals surface area contributed by atoms with Crippen LogP contribution in [0.3, 0.4) is 0 Å². The van der Waals surface area contributed by atoms with Crippen LogP contribution >= 0.6 is 27.7 Å². The van der Waals surface area contributed by atoms with E-state index in [4.69, 9.17) is 0 Å². The molecule has 1 aliphatic rings. The Bertz CT molecular complexity index is 172. The molecular formula is C8H14BrNOS. The lowest BCUT2D eigenvalue weighted by Crippen LogP contribution is -2.45. The second-order valence-corrected chi connectivity index (χ2v) is 6.58. The molecule has 0 saturated carbocycles. The zero-order valence-corrected chi connectivity index (χ0v) is 9.87. The average Bonchev–Trinajstić information content (AvgIpc) is 2.03. The summed E-state index contributed by atoms with van der Waals surface area (Å²) in [6.45, 7) is 5.60. The van der Waals surface area contributed by atoms with Gasteiger partial charge in [-0.2, -0.15) is 11.8 Å². The minimum atomic E-state index is -0.394. The van der Waals surface area contributed by atoms with Crippen molar-refractivity contribution in [1.82, 2.24) is 4.90 Å². The third-order valence-electron chi connectivity index (χ3n) is 1.81. The van der Waals surface area contributed by atoms with Gasteiger partial charge in [0.15, 0.2) is 0 Å². The molecular weight excluding hydrogens is 238 g/mol. The van der Waals surface area contributed by atoms with E-state index in [1.54, 1.807) is 0 Å². The first-order valence-corrected chi connectivity index (χ1v) is 6.02. The van der Waals surface area contributed by atoms with Crippen LogP contribution in [0.15, 0.2) is 0 Å². The van der Waals surface area contributed by atoms with Crippen molar-refractivity contribution in [2.75, 3.05) is 24.6 Å². The van der Waals surface area contributed by atoms with Crippen LogP contribution in [0.5, 0.6) is 0 Å². The second-order valence-electron chi connectivity index (χ2n) is 3.38. The quantitative estimate of drug-likeness (QED) is 0.662. The highest BCUT2D eigenvalue weighted by molar-refractivity contribution is 9.10. The Morgan fingerprint density at radius 1 is 1.42 bits per heavy atom. The predicted molar refractivity (Wildman–Crippen MR) is 56.9 cm³/mol. The Morgan fingerprint density at radius 3 is 2.33 bits per heavy atom. The predicted octanol–water partition coefficient (Wildman–Crippen LogP) is 1.74. The van der Waals surface area contributed by atoms with E-state index < -0.39 is 4.32 Å². The summed E-state index contributed by atoms with van der Waals surface area (Å²) < 4.78 is -0.394. The van der Waals surface area contributed by atoms with Gasteiger partial charge < -0.3 is 4.90 Å². The second kappa shape index (κ2) is 4.01. The van der Waals surface area contributed by atoms with Crippen LogP contribution in [0.4, 0.5) is 0 Å². The first-order chi connectivity index (χ1) is 5.52. The van der Waals surface area contributed by atoms with Gasteiger partial charge in [0, 0.05) is 24.6 Å². The summed E-state index contributed by atoms with van der Waals surface area (Å²) in [4.78, 5) is 13.6. The lowest BCUT2D eigenvalue weighted by atomic mass is 10.2. The molecule has 1 aliphatic heterocycles. The Kier molecular flexibility index (Phi) is 3.47. The normalized spacial score (nSPS) is 19.4. The van der Waals surface area contributed by atoms with Crippen LogP contribution in [-0.2, 0) is 4.79 Å². The molecule has 0 N–H and O–H groups in total. The highest BCUT2D eigenvalue weighted by Crippen LogP contribution is 2.21. The van der Waals surface area contributed by atoms with Gasteiger partial charge in [-0.1, -0.05) is 15.9 Å². The molecule has 0 bridgehead atoms. The van der Waals surface area contributed by atoms with E-state index in [1.807, 2.05) is 30.5 Å². The molecule has 1 fully saturated rings. The summed E-state index contributed by atoms with van der Waals surface area (Å²) in [6, 6.07) is 0. The molecule has 0 unspecified atom stereocenters. The van der Waals surface area contributed by atoms with Crippen molar-refractivity contribution < 1.29 is 4.79 Å². The summed E-state index contributed by atoms with van der Waals surface area (Å²) in [5.74, 6) is 2.37. The van der Waals surface area contributed by atoms with Crippen molar-refractivity contribution in [1.29, 1.82) is 0 Å². The van der Waals surface area contributed by atoms with Crippen molar-refractivity contribution in [2.24, 2.45) is 0 Å². The number of carbonyl (C=O) groups is 1. The SMILES string of the molecule is CC(C)(Br)C(=O)N1CCSCC1. The van der Waals surface area contributed by atoms with Gasteiger partial charge in [-0.3, -0.25) is 4.79 Å². The van der Waals surface area contributed by atoms with Gasteiger partial charge in [0.2, 0.25) is 5.91 Å². The number of carbonyl (C=O) groups excluding carboxylic acids is 1. The third-order valence-corrected chi connectivity index (χ3v) is 3.09. The Morgan fingerprint density at radius 2 is 1.92 bits per heavy atom. The standard InChI is InChI=1S/C8H14BrNOS/c1-8(2,9)7(11)10-3-5-12-6-4-10/h3-6H2,1-2H3. The molecule has 0 aromatic carbocycles. The summed E-state index contributed by atoms with van der Waals surface area (Å²) in [6.07, 6.45) is 0. The topological polar surface area (TPSA) is 20.3 Å². The van der Waals surface area contributed by atoms with E-state index in [0.29, 0.717) is 0 Å². The molecule has 1 saturated heterocycles. The van der Waals surface area contributed by atoms with Crippen LogP contribution < -0.4 is 0 Å². The summed E-state index contributed by atoms with van der Waals surface area (Å²) in [5, 5.41) is 0. The fourth-order valence-corrected chi connectivity index (χ4v) is 2.30. The molecule has 0 aliphatic carbocycles. The maximum atomic E-state index is 11.7. The highest BCUT2D eigenvalue weighted by atomic mass is 79.9. The summed E-state index contributed by atoms with van der Waals surface area (Å²) in [7, 11) is 0. The zero-order valence-electron chi connectivity index (χ0n) is 7.47. The van der Waals surface area contributed by atoms with Crippen LogP contribution in [0.2, 0.25) is 0 Å². The van der Waals surface area contributed by atoms with E-state index in [2.05, 4.69) is 15.9 Å². The van der Waals surface area contributed by atoms with Crippen molar-refractivity contribution in [2.45, 2.75) is 18.2 Å². The van der Waals surface area contributed by atoms with Crippen LogP contribution in [0.25, 0.3) is 0 Å². The number of hydrogen-bond donors (Lipinski definition) is 0. The summed E-state index contributed by atoms with van der Waals surface area (Å²) in [5.41, 5.74) is 0. The van der Waals surface area contributed by atoms with Crippen molar-refractivity contribution >= 4 is 33.6 Å². The number of rotatable bonds is 1. The van der Waals surface area contributed by atoms with Crippen molar-refractivity contribution in [3.63, 3.8) is 0 Å². The highest BCUT2D eigenvalue weighted by Gasteiger charge is 2.29. The maximum absolute atomic E-state index is 11.7. The molecule has 0 spiro atoms. The fraction of sp³-hybridized carbons (Fsp3) is 0.875. The number of nitrogens with zero attached hydrogens (tertiary/aromatic N) is 1. The Labute approximate surface area is 86.2 Å². The first kappa shape index (κ1) is 10.4. The number of alkyl halides is 1. The maximum Gasteiger partial charge on any atom is 0.238 e. The van der Waals surface area contributed by atoms with Crippen LogP contribution in [0, 0.1) is 0 Å². The first-order valence-electron chi connectivity index (χ1n) is 4.08. The monoisotopic (exact) mass is 251 g/mol. The molecule has 70 valence electrons. The van der Waals surface area contributed by atoms with E-state index in [1.165, 1.54) is 0 Å². The molecule has 2 nitrogen and oxygen atoms in total. The van der Waals surface area contributed by atoms with Crippen LogP contribution in [-0.4, -0.2) is 39.7 Å². The van der Waals surface area contributed by atoms with E-state index >= 15 is 0 Å². The molecule has 0 aromatic rings. The van der Waals surface area contributed by atoms with Gasteiger partial charge in [0.25, 0.3) is 0 Å².